The topological polar surface area (TPSA) is 103 Å². The molecular weight excluding hydrogens is 408 g/mol. The molecule has 0 spiro atoms. The van der Waals surface area contributed by atoms with Crippen molar-refractivity contribution in [1.29, 1.82) is 10.5 Å². The van der Waals surface area contributed by atoms with Gasteiger partial charge in [0.1, 0.15) is 34.2 Å². The number of H-pyrrole nitrogens is 1. The summed E-state index contributed by atoms with van der Waals surface area (Å²) < 4.78 is 7.27. The Balaban J connectivity index is 1.82. The SMILES string of the molecule is COc1cnc2[nH]c(C(C#N)=Cc3cc(C)n(-c4sc(C)c(C)c4C#N)c3C)nc2c1. The summed E-state index contributed by atoms with van der Waals surface area (Å²) in [5.41, 5.74) is 6.17. The van der Waals surface area contributed by atoms with Gasteiger partial charge in [0.25, 0.3) is 0 Å². The Morgan fingerprint density at radius 1 is 1.23 bits per heavy atom. The highest BCUT2D eigenvalue weighted by Crippen LogP contribution is 2.34. The summed E-state index contributed by atoms with van der Waals surface area (Å²) in [6.45, 7) is 7.99. The first-order chi connectivity index (χ1) is 14.9. The van der Waals surface area contributed by atoms with Crippen LogP contribution in [0.25, 0.3) is 27.8 Å². The molecule has 0 aliphatic carbocycles. The molecule has 31 heavy (non-hydrogen) atoms. The van der Waals surface area contributed by atoms with E-state index in [0.717, 1.165) is 32.4 Å². The number of allylic oxidation sites excluding steroid dienone is 1. The van der Waals surface area contributed by atoms with Gasteiger partial charge in [-0.1, -0.05) is 0 Å². The molecule has 0 aliphatic heterocycles. The van der Waals surface area contributed by atoms with E-state index in [1.807, 2.05) is 39.8 Å². The predicted molar refractivity (Wildman–Crippen MR) is 121 cm³/mol. The molecule has 4 rings (SSSR count). The molecule has 4 aromatic heterocycles. The van der Waals surface area contributed by atoms with E-state index in [1.165, 1.54) is 0 Å². The van der Waals surface area contributed by atoms with Gasteiger partial charge in [-0.15, -0.1) is 11.3 Å². The van der Waals surface area contributed by atoms with E-state index >= 15 is 0 Å². The molecular formula is C23H20N6OS. The molecule has 0 atom stereocenters. The zero-order chi connectivity index (χ0) is 22.3. The van der Waals surface area contributed by atoms with E-state index in [0.29, 0.717) is 33.9 Å². The molecule has 7 nitrogen and oxygen atoms in total. The third kappa shape index (κ3) is 3.37. The van der Waals surface area contributed by atoms with E-state index in [2.05, 4.69) is 31.7 Å². The number of ether oxygens (including phenoxy) is 1. The molecule has 0 amide bonds. The van der Waals surface area contributed by atoms with Crippen LogP contribution >= 0.6 is 11.3 Å². The van der Waals surface area contributed by atoms with Crippen molar-refractivity contribution in [2.24, 2.45) is 0 Å². The summed E-state index contributed by atoms with van der Waals surface area (Å²) in [6, 6.07) is 8.36. The molecule has 1 N–H and O–H groups in total. The molecule has 0 aromatic carbocycles. The quantitative estimate of drug-likeness (QED) is 0.461. The maximum atomic E-state index is 9.80. The van der Waals surface area contributed by atoms with Gasteiger partial charge in [0.15, 0.2) is 5.65 Å². The highest BCUT2D eigenvalue weighted by molar-refractivity contribution is 7.14. The van der Waals surface area contributed by atoms with Gasteiger partial charge >= 0.3 is 0 Å². The minimum atomic E-state index is 0.399. The average Bonchev–Trinajstić information content (AvgIpc) is 3.39. The van der Waals surface area contributed by atoms with Crippen LogP contribution in [0, 0.1) is 50.4 Å². The Morgan fingerprint density at radius 2 is 2.00 bits per heavy atom. The smallest absolute Gasteiger partial charge is 0.157 e. The number of hydrogen-bond acceptors (Lipinski definition) is 6. The van der Waals surface area contributed by atoms with Crippen LogP contribution in [0.2, 0.25) is 0 Å². The molecule has 0 aliphatic rings. The zero-order valence-corrected chi connectivity index (χ0v) is 18.7. The predicted octanol–water partition coefficient (Wildman–Crippen LogP) is 4.99. The third-order valence-electron chi connectivity index (χ3n) is 5.37. The van der Waals surface area contributed by atoms with Gasteiger partial charge in [-0.2, -0.15) is 10.5 Å². The van der Waals surface area contributed by atoms with Crippen LogP contribution in [0.4, 0.5) is 0 Å². The fourth-order valence-electron chi connectivity index (χ4n) is 3.57. The van der Waals surface area contributed by atoms with Crippen molar-refractivity contribution in [3.05, 3.63) is 57.1 Å². The van der Waals surface area contributed by atoms with Crippen molar-refractivity contribution in [2.75, 3.05) is 7.11 Å². The normalized spacial score (nSPS) is 11.5. The van der Waals surface area contributed by atoms with Gasteiger partial charge in [0, 0.05) is 22.3 Å². The summed E-state index contributed by atoms with van der Waals surface area (Å²) in [7, 11) is 1.57. The van der Waals surface area contributed by atoms with Crippen LogP contribution in [0.15, 0.2) is 18.3 Å². The Hall–Kier alpha value is -3.88. The summed E-state index contributed by atoms with van der Waals surface area (Å²) >= 11 is 1.60. The van der Waals surface area contributed by atoms with E-state index < -0.39 is 0 Å². The monoisotopic (exact) mass is 428 g/mol. The second-order valence-corrected chi connectivity index (χ2v) is 8.44. The lowest BCUT2D eigenvalue weighted by Crippen LogP contribution is -1.99. The van der Waals surface area contributed by atoms with Crippen LogP contribution in [0.1, 0.15) is 38.8 Å². The van der Waals surface area contributed by atoms with Crippen LogP contribution in [0.5, 0.6) is 5.75 Å². The van der Waals surface area contributed by atoms with Crippen molar-refractivity contribution in [3.63, 3.8) is 0 Å². The number of imidazole rings is 1. The number of fused-ring (bicyclic) bond motifs is 1. The van der Waals surface area contributed by atoms with Crippen LogP contribution in [0.3, 0.4) is 0 Å². The Bertz CT molecular complexity index is 1440. The number of nitrogens with zero attached hydrogens (tertiary/aromatic N) is 5. The first kappa shape index (κ1) is 20.4. The van der Waals surface area contributed by atoms with Gasteiger partial charge in [0.2, 0.25) is 0 Å². The summed E-state index contributed by atoms with van der Waals surface area (Å²) in [6.07, 6.45) is 3.42. The Labute approximate surface area is 183 Å². The number of methoxy groups -OCH3 is 1. The fraction of sp³-hybridized carbons (Fsp3) is 0.217. The number of rotatable bonds is 4. The van der Waals surface area contributed by atoms with Crippen molar-refractivity contribution in [1.82, 2.24) is 19.5 Å². The molecule has 0 saturated heterocycles. The highest BCUT2D eigenvalue weighted by Gasteiger charge is 2.19. The Morgan fingerprint density at radius 3 is 2.68 bits per heavy atom. The molecule has 0 radical (unpaired) electrons. The second kappa shape index (κ2) is 7.75. The van der Waals surface area contributed by atoms with Gasteiger partial charge in [0.05, 0.1) is 24.4 Å². The Kier molecular flexibility index (Phi) is 5.10. The van der Waals surface area contributed by atoms with E-state index in [1.54, 1.807) is 30.7 Å². The molecule has 8 heteroatoms. The van der Waals surface area contributed by atoms with Gasteiger partial charge in [-0.05, 0) is 51.0 Å². The molecule has 0 fully saturated rings. The number of nitrogens with one attached hydrogen (secondary N) is 1. The highest BCUT2D eigenvalue weighted by atomic mass is 32.1. The first-order valence-corrected chi connectivity index (χ1v) is 10.4. The number of nitriles is 2. The molecule has 0 bridgehead atoms. The third-order valence-corrected chi connectivity index (χ3v) is 6.57. The molecule has 4 aromatic rings. The number of aryl methyl sites for hydroxylation is 2. The van der Waals surface area contributed by atoms with Crippen molar-refractivity contribution in [3.8, 4) is 22.9 Å². The second-order valence-electron chi connectivity index (χ2n) is 7.24. The zero-order valence-electron chi connectivity index (χ0n) is 17.9. The number of aromatic nitrogens is 4. The fourth-order valence-corrected chi connectivity index (χ4v) is 4.79. The van der Waals surface area contributed by atoms with Crippen LogP contribution in [-0.2, 0) is 0 Å². The molecule has 0 unspecified atom stereocenters. The van der Waals surface area contributed by atoms with Gasteiger partial charge in [-0.3, -0.25) is 0 Å². The lowest BCUT2D eigenvalue weighted by Gasteiger charge is -2.07. The summed E-state index contributed by atoms with van der Waals surface area (Å²) in [5, 5.41) is 20.4. The standard InChI is InChI=1S/C23H20N6OS/c1-12-6-16(14(3)29(12)23-19(10-25)13(2)15(4)31-23)7-17(9-24)21-27-20-8-18(30-5)11-26-22(20)28-21/h6-8,11H,1-5H3,(H,26,27,28). The number of pyridine rings is 1. The minimum absolute atomic E-state index is 0.399. The summed E-state index contributed by atoms with van der Waals surface area (Å²) in [4.78, 5) is 13.0. The summed E-state index contributed by atoms with van der Waals surface area (Å²) in [5.74, 6) is 1.05. The lowest BCUT2D eigenvalue weighted by atomic mass is 10.1. The van der Waals surface area contributed by atoms with Crippen LogP contribution < -0.4 is 4.74 Å². The van der Waals surface area contributed by atoms with Gasteiger partial charge < -0.3 is 14.3 Å². The van der Waals surface area contributed by atoms with E-state index in [4.69, 9.17) is 4.74 Å². The van der Waals surface area contributed by atoms with Crippen molar-refractivity contribution < 1.29 is 4.74 Å². The maximum absolute atomic E-state index is 9.80. The number of hydrogen-bond donors (Lipinski definition) is 1. The van der Waals surface area contributed by atoms with Crippen molar-refractivity contribution in [2.45, 2.75) is 27.7 Å². The molecule has 154 valence electrons. The van der Waals surface area contributed by atoms with Gasteiger partial charge in [-0.25, -0.2) is 9.97 Å². The number of thiophene rings is 1. The number of aromatic amines is 1. The first-order valence-electron chi connectivity index (χ1n) is 9.59. The van der Waals surface area contributed by atoms with E-state index in [9.17, 15) is 10.5 Å². The molecule has 4 heterocycles. The largest absolute Gasteiger partial charge is 0.495 e. The van der Waals surface area contributed by atoms with E-state index in [-0.39, 0.29) is 0 Å². The lowest BCUT2D eigenvalue weighted by molar-refractivity contribution is 0.413. The van der Waals surface area contributed by atoms with Crippen LogP contribution in [-0.4, -0.2) is 26.6 Å². The minimum Gasteiger partial charge on any atom is -0.495 e. The molecule has 0 saturated carbocycles. The average molecular weight is 429 g/mol. The maximum Gasteiger partial charge on any atom is 0.157 e. The van der Waals surface area contributed by atoms with Crippen molar-refractivity contribution >= 4 is 34.1 Å².